The number of nitrogens with one attached hydrogen (secondary N) is 2. The maximum Gasteiger partial charge on any atom is 0.191 e. The maximum atomic E-state index is 5.75. The van der Waals surface area contributed by atoms with Crippen molar-refractivity contribution in [3.8, 4) is 0 Å². The number of aromatic nitrogens is 2. The molecule has 0 amide bonds. The smallest absolute Gasteiger partial charge is 0.191 e. The summed E-state index contributed by atoms with van der Waals surface area (Å²) in [5.74, 6) is 1.45. The Morgan fingerprint density at radius 3 is 2.82 bits per heavy atom. The minimum Gasteiger partial charge on any atom is -0.381 e. The molecule has 2 N–H and O–H groups in total. The van der Waals surface area contributed by atoms with Gasteiger partial charge >= 0.3 is 0 Å². The highest BCUT2D eigenvalue weighted by atomic mass is 127. The van der Waals surface area contributed by atoms with Crippen molar-refractivity contribution >= 4 is 29.9 Å². The molecule has 1 aromatic rings. The van der Waals surface area contributed by atoms with Crippen LogP contribution < -0.4 is 10.6 Å². The van der Waals surface area contributed by atoms with E-state index in [1.54, 1.807) is 0 Å². The van der Waals surface area contributed by atoms with Crippen LogP contribution in [0.4, 0.5) is 0 Å². The third kappa shape index (κ3) is 8.24. The highest BCUT2D eigenvalue weighted by molar-refractivity contribution is 14.0. The van der Waals surface area contributed by atoms with Crippen molar-refractivity contribution in [2.45, 2.75) is 53.0 Å². The Balaban J connectivity index is 0.00000392. The van der Waals surface area contributed by atoms with E-state index in [1.165, 1.54) is 11.3 Å². The van der Waals surface area contributed by atoms with Crippen LogP contribution in [0.1, 0.15) is 43.6 Å². The van der Waals surface area contributed by atoms with Gasteiger partial charge in [0, 0.05) is 51.0 Å². The van der Waals surface area contributed by atoms with Crippen LogP contribution in [0.15, 0.2) is 4.99 Å². The summed E-state index contributed by atoms with van der Waals surface area (Å²) < 4.78 is 13.1. The number of hydrogen-bond donors (Lipinski definition) is 2. The van der Waals surface area contributed by atoms with Gasteiger partial charge in [0.05, 0.1) is 18.9 Å². The molecule has 0 radical (unpaired) electrons. The van der Waals surface area contributed by atoms with Crippen LogP contribution in [0.2, 0.25) is 0 Å². The van der Waals surface area contributed by atoms with Gasteiger partial charge in [-0.25, -0.2) is 0 Å². The maximum absolute atomic E-state index is 5.75. The molecule has 1 aliphatic rings. The summed E-state index contributed by atoms with van der Waals surface area (Å²) in [6, 6.07) is 0.281. The third-order valence-electron chi connectivity index (χ3n) is 4.99. The van der Waals surface area contributed by atoms with Crippen molar-refractivity contribution in [2.75, 3.05) is 39.5 Å². The highest BCUT2D eigenvalue weighted by Gasteiger charge is 2.15. The average Bonchev–Trinajstić information content (AvgIpc) is 3.22. The summed E-state index contributed by atoms with van der Waals surface area (Å²) in [5, 5.41) is 11.3. The number of halogens is 1. The normalized spacial score (nSPS) is 18.0. The van der Waals surface area contributed by atoms with Gasteiger partial charge in [0.25, 0.3) is 0 Å². The van der Waals surface area contributed by atoms with E-state index in [-0.39, 0.29) is 30.0 Å². The molecule has 162 valence electrons. The molecule has 8 heteroatoms. The summed E-state index contributed by atoms with van der Waals surface area (Å²) in [4.78, 5) is 4.68. The zero-order valence-electron chi connectivity index (χ0n) is 18.1. The van der Waals surface area contributed by atoms with Gasteiger partial charge in [-0.3, -0.25) is 9.67 Å². The van der Waals surface area contributed by atoms with E-state index in [0.29, 0.717) is 5.92 Å². The summed E-state index contributed by atoms with van der Waals surface area (Å²) in [6.45, 7) is 13.4. The summed E-state index contributed by atoms with van der Waals surface area (Å²) in [6.07, 6.45) is 2.99. The highest BCUT2D eigenvalue weighted by Crippen LogP contribution is 2.14. The van der Waals surface area contributed by atoms with Crippen LogP contribution in [0.3, 0.4) is 0 Å². The molecule has 2 rings (SSSR count). The van der Waals surface area contributed by atoms with Gasteiger partial charge in [-0.1, -0.05) is 0 Å². The van der Waals surface area contributed by atoms with E-state index in [4.69, 9.17) is 9.47 Å². The lowest BCUT2D eigenvalue weighted by atomic mass is 10.1. The molecule has 0 aromatic carbocycles. The van der Waals surface area contributed by atoms with Crippen LogP contribution in [0, 0.1) is 19.8 Å². The van der Waals surface area contributed by atoms with E-state index in [2.05, 4.69) is 48.4 Å². The summed E-state index contributed by atoms with van der Waals surface area (Å²) >= 11 is 0. The predicted octanol–water partition coefficient (Wildman–Crippen LogP) is 2.58. The minimum atomic E-state index is 0. The van der Waals surface area contributed by atoms with Gasteiger partial charge in [0.1, 0.15) is 0 Å². The standard InChI is InChI=1S/C20H37N5O2.HI/c1-6-21-20(22-9-7-10-26-13-18-8-11-27-14-18)23-15(2)12-19-16(3)24-25(5)17(19)4;/h15,18H,6-14H2,1-5H3,(H2,21,22,23);1H. The summed E-state index contributed by atoms with van der Waals surface area (Å²) in [7, 11) is 2.00. The molecule has 0 aliphatic carbocycles. The van der Waals surface area contributed by atoms with E-state index in [9.17, 15) is 0 Å². The number of ether oxygens (including phenoxy) is 2. The Labute approximate surface area is 187 Å². The fraction of sp³-hybridized carbons (Fsp3) is 0.800. The first-order chi connectivity index (χ1) is 13.0. The van der Waals surface area contributed by atoms with Crippen molar-refractivity contribution in [1.82, 2.24) is 20.4 Å². The van der Waals surface area contributed by atoms with Gasteiger partial charge in [-0.05, 0) is 52.5 Å². The number of guanidine groups is 1. The molecule has 1 saturated heterocycles. The van der Waals surface area contributed by atoms with Crippen LogP contribution >= 0.6 is 24.0 Å². The SMILES string of the molecule is CCNC(=NCCCOCC1CCOC1)NC(C)Cc1c(C)nn(C)c1C.I. The Morgan fingerprint density at radius 2 is 2.21 bits per heavy atom. The van der Waals surface area contributed by atoms with Gasteiger partial charge in [-0.15, -0.1) is 24.0 Å². The molecule has 1 fully saturated rings. The van der Waals surface area contributed by atoms with Gasteiger partial charge in [0.15, 0.2) is 5.96 Å². The molecule has 0 spiro atoms. The molecule has 0 bridgehead atoms. The molecule has 2 heterocycles. The van der Waals surface area contributed by atoms with Crippen LogP contribution in [-0.2, 0) is 22.9 Å². The fourth-order valence-corrected chi connectivity index (χ4v) is 3.35. The second-order valence-corrected chi connectivity index (χ2v) is 7.44. The van der Waals surface area contributed by atoms with Crippen molar-refractivity contribution in [1.29, 1.82) is 0 Å². The Morgan fingerprint density at radius 1 is 1.43 bits per heavy atom. The van der Waals surface area contributed by atoms with E-state index in [0.717, 1.165) is 70.4 Å². The number of nitrogens with zero attached hydrogens (tertiary/aromatic N) is 3. The van der Waals surface area contributed by atoms with E-state index in [1.807, 2.05) is 11.7 Å². The Hall–Kier alpha value is -0.870. The monoisotopic (exact) mass is 507 g/mol. The number of aryl methyl sites for hydroxylation is 2. The zero-order chi connectivity index (χ0) is 19.6. The largest absolute Gasteiger partial charge is 0.381 e. The predicted molar refractivity (Wildman–Crippen MR) is 125 cm³/mol. The first-order valence-electron chi connectivity index (χ1n) is 10.2. The molecule has 1 aromatic heterocycles. The fourth-order valence-electron chi connectivity index (χ4n) is 3.35. The first-order valence-corrected chi connectivity index (χ1v) is 10.2. The average molecular weight is 507 g/mol. The Kier molecular flexibility index (Phi) is 12.0. The quantitative estimate of drug-likeness (QED) is 0.221. The Bertz CT molecular complexity index is 600. The molecular weight excluding hydrogens is 469 g/mol. The lowest BCUT2D eigenvalue weighted by molar-refractivity contribution is 0.0893. The second-order valence-electron chi connectivity index (χ2n) is 7.44. The van der Waals surface area contributed by atoms with Gasteiger partial charge in [-0.2, -0.15) is 5.10 Å². The lowest BCUT2D eigenvalue weighted by Crippen LogP contribution is -2.43. The number of aliphatic imine (C=N–C) groups is 1. The zero-order valence-corrected chi connectivity index (χ0v) is 20.4. The molecule has 2 atom stereocenters. The van der Waals surface area contributed by atoms with E-state index >= 15 is 0 Å². The topological polar surface area (TPSA) is 72.7 Å². The van der Waals surface area contributed by atoms with Crippen molar-refractivity contribution in [3.63, 3.8) is 0 Å². The third-order valence-corrected chi connectivity index (χ3v) is 4.99. The number of rotatable bonds is 10. The van der Waals surface area contributed by atoms with Crippen LogP contribution in [-0.4, -0.2) is 61.3 Å². The molecule has 0 saturated carbocycles. The molecule has 28 heavy (non-hydrogen) atoms. The van der Waals surface area contributed by atoms with Crippen molar-refractivity contribution < 1.29 is 9.47 Å². The van der Waals surface area contributed by atoms with Crippen LogP contribution in [0.5, 0.6) is 0 Å². The molecule has 1 aliphatic heterocycles. The van der Waals surface area contributed by atoms with Crippen LogP contribution in [0.25, 0.3) is 0 Å². The number of hydrogen-bond acceptors (Lipinski definition) is 4. The van der Waals surface area contributed by atoms with Crippen molar-refractivity contribution in [3.05, 3.63) is 17.0 Å². The minimum absolute atomic E-state index is 0. The molecule has 2 unspecified atom stereocenters. The molecular formula is C20H38IN5O2. The first kappa shape index (κ1) is 25.2. The van der Waals surface area contributed by atoms with Crippen molar-refractivity contribution in [2.24, 2.45) is 18.0 Å². The lowest BCUT2D eigenvalue weighted by Gasteiger charge is -2.18. The van der Waals surface area contributed by atoms with Gasteiger partial charge in [0.2, 0.25) is 0 Å². The summed E-state index contributed by atoms with van der Waals surface area (Å²) in [5.41, 5.74) is 3.65. The van der Waals surface area contributed by atoms with Gasteiger partial charge < -0.3 is 20.1 Å². The molecule has 7 nitrogen and oxygen atoms in total. The second kappa shape index (κ2) is 13.4. The van der Waals surface area contributed by atoms with E-state index < -0.39 is 0 Å².